The summed E-state index contributed by atoms with van der Waals surface area (Å²) in [4.78, 5) is 16.9. The van der Waals surface area contributed by atoms with Crippen LogP contribution in [0.3, 0.4) is 0 Å². The van der Waals surface area contributed by atoms with Gasteiger partial charge in [0.15, 0.2) is 11.3 Å². The number of fused-ring (bicyclic) bond motifs is 1. The molecule has 0 bridgehead atoms. The van der Waals surface area contributed by atoms with Crippen LogP contribution >= 0.6 is 11.6 Å². The third-order valence-corrected chi connectivity index (χ3v) is 5.01. The molecule has 0 aliphatic rings. The molecule has 0 saturated carbocycles. The minimum absolute atomic E-state index is 0.0551. The van der Waals surface area contributed by atoms with Crippen molar-refractivity contribution in [2.75, 3.05) is 6.54 Å². The number of carbonyl (C=O) groups is 1. The smallest absolute Gasteiger partial charge is 0.352 e. The average molecular weight is 463 g/mol. The Morgan fingerprint density at radius 3 is 2.41 bits per heavy atom. The summed E-state index contributed by atoms with van der Waals surface area (Å²) < 4.78 is 54.8. The number of benzene rings is 2. The van der Waals surface area contributed by atoms with Crippen molar-refractivity contribution in [1.82, 2.24) is 19.9 Å². The molecule has 0 aliphatic carbocycles. The van der Waals surface area contributed by atoms with Crippen molar-refractivity contribution in [2.45, 2.75) is 12.6 Å². The molecule has 1 N–H and O–H groups in total. The Morgan fingerprint density at radius 2 is 1.75 bits per heavy atom. The topological polar surface area (TPSA) is 59.3 Å². The van der Waals surface area contributed by atoms with Crippen LogP contribution < -0.4 is 5.32 Å². The van der Waals surface area contributed by atoms with Gasteiger partial charge in [-0.25, -0.2) is 13.9 Å². The number of hydrogen-bond donors (Lipinski definition) is 1. The molecule has 5 nitrogen and oxygen atoms in total. The molecule has 0 atom stereocenters. The van der Waals surface area contributed by atoms with Gasteiger partial charge in [0.2, 0.25) is 0 Å². The molecule has 0 saturated heterocycles. The van der Waals surface area contributed by atoms with Crippen molar-refractivity contribution < 1.29 is 22.4 Å². The Labute approximate surface area is 184 Å². The van der Waals surface area contributed by atoms with Gasteiger partial charge in [-0.05, 0) is 54.4 Å². The first-order valence-electron chi connectivity index (χ1n) is 9.47. The van der Waals surface area contributed by atoms with Crippen molar-refractivity contribution >= 4 is 23.2 Å². The molecule has 32 heavy (non-hydrogen) atoms. The zero-order valence-corrected chi connectivity index (χ0v) is 17.1. The predicted molar refractivity (Wildman–Crippen MR) is 111 cm³/mol. The van der Waals surface area contributed by atoms with Gasteiger partial charge in [0.05, 0.1) is 11.9 Å². The molecule has 0 aliphatic heterocycles. The van der Waals surface area contributed by atoms with E-state index in [0.717, 1.165) is 30.0 Å². The number of hydrogen-bond acceptors (Lipinski definition) is 3. The average Bonchev–Trinajstić information content (AvgIpc) is 3.18. The van der Waals surface area contributed by atoms with Crippen molar-refractivity contribution in [3.05, 3.63) is 88.5 Å². The second-order valence-electron chi connectivity index (χ2n) is 6.96. The minimum Gasteiger partial charge on any atom is -0.352 e. The fraction of sp³-hybridized carbons (Fsp3) is 0.136. The van der Waals surface area contributed by atoms with Crippen LogP contribution in [-0.4, -0.2) is 27.0 Å². The van der Waals surface area contributed by atoms with Crippen LogP contribution in [0.4, 0.5) is 17.6 Å². The van der Waals surface area contributed by atoms with Crippen molar-refractivity contribution in [1.29, 1.82) is 0 Å². The molecule has 2 aromatic carbocycles. The highest BCUT2D eigenvalue weighted by Crippen LogP contribution is 2.32. The first-order chi connectivity index (χ1) is 15.2. The lowest BCUT2D eigenvalue weighted by Gasteiger charge is -2.12. The van der Waals surface area contributed by atoms with E-state index in [-0.39, 0.29) is 29.0 Å². The zero-order valence-electron chi connectivity index (χ0n) is 16.3. The molecule has 0 unspecified atom stereocenters. The molecule has 4 rings (SSSR count). The maximum atomic E-state index is 13.6. The summed E-state index contributed by atoms with van der Waals surface area (Å²) in [5, 5.41) is 6.99. The zero-order chi connectivity index (χ0) is 22.9. The van der Waals surface area contributed by atoms with Gasteiger partial charge in [-0.3, -0.25) is 4.79 Å². The van der Waals surface area contributed by atoms with Crippen LogP contribution in [0, 0.1) is 5.82 Å². The molecule has 4 aromatic rings. The third-order valence-electron chi connectivity index (χ3n) is 4.76. The highest BCUT2D eigenvalue weighted by molar-refractivity contribution is 6.30. The molecule has 164 valence electrons. The fourth-order valence-electron chi connectivity index (χ4n) is 3.16. The first kappa shape index (κ1) is 21.8. The SMILES string of the molecule is O=C(NCCc1ccc(Cl)cc1)c1cnn2c(C(F)(F)F)cc(-c3ccc(F)cc3)nc12. The summed E-state index contributed by atoms with van der Waals surface area (Å²) in [6.45, 7) is 0.252. The van der Waals surface area contributed by atoms with E-state index in [1.54, 1.807) is 12.1 Å². The molecule has 10 heteroatoms. The van der Waals surface area contributed by atoms with Crippen molar-refractivity contribution in [3.8, 4) is 11.3 Å². The summed E-state index contributed by atoms with van der Waals surface area (Å²) in [6, 6.07) is 12.8. The van der Waals surface area contributed by atoms with Crippen LogP contribution in [0.15, 0.2) is 60.8 Å². The largest absolute Gasteiger partial charge is 0.433 e. The second kappa shape index (κ2) is 8.58. The molecule has 0 fully saturated rings. The van der Waals surface area contributed by atoms with Gasteiger partial charge in [0.1, 0.15) is 11.4 Å². The lowest BCUT2D eigenvalue weighted by atomic mass is 10.1. The lowest BCUT2D eigenvalue weighted by molar-refractivity contribution is -0.142. The van der Waals surface area contributed by atoms with E-state index in [0.29, 0.717) is 16.0 Å². The predicted octanol–water partition coefficient (Wildman–Crippen LogP) is 5.18. The highest BCUT2D eigenvalue weighted by Gasteiger charge is 2.36. The van der Waals surface area contributed by atoms with E-state index >= 15 is 0 Å². The Kier molecular flexibility index (Phi) is 5.84. The van der Waals surface area contributed by atoms with Gasteiger partial charge in [-0.1, -0.05) is 23.7 Å². The van der Waals surface area contributed by atoms with Gasteiger partial charge in [-0.2, -0.15) is 18.3 Å². The maximum absolute atomic E-state index is 13.6. The number of rotatable bonds is 5. The summed E-state index contributed by atoms with van der Waals surface area (Å²) in [5.41, 5.74) is -0.290. The van der Waals surface area contributed by atoms with E-state index in [4.69, 9.17) is 11.6 Å². The Morgan fingerprint density at radius 1 is 1.06 bits per heavy atom. The number of nitrogens with one attached hydrogen (secondary N) is 1. The second-order valence-corrected chi connectivity index (χ2v) is 7.39. The van der Waals surface area contributed by atoms with E-state index in [2.05, 4.69) is 15.4 Å². The van der Waals surface area contributed by atoms with E-state index in [1.807, 2.05) is 12.1 Å². The number of halogens is 5. The lowest BCUT2D eigenvalue weighted by Crippen LogP contribution is -2.26. The van der Waals surface area contributed by atoms with Gasteiger partial charge in [0.25, 0.3) is 5.91 Å². The van der Waals surface area contributed by atoms with Gasteiger partial charge in [-0.15, -0.1) is 0 Å². The Hall–Kier alpha value is -3.46. The first-order valence-corrected chi connectivity index (χ1v) is 9.85. The third kappa shape index (κ3) is 4.57. The van der Waals surface area contributed by atoms with Crippen LogP contribution in [0.1, 0.15) is 21.6 Å². The molecule has 1 amide bonds. The molecular weight excluding hydrogens is 448 g/mol. The monoisotopic (exact) mass is 462 g/mol. The molecule has 0 spiro atoms. The van der Waals surface area contributed by atoms with E-state index in [1.165, 1.54) is 12.1 Å². The van der Waals surface area contributed by atoms with Crippen LogP contribution in [0.2, 0.25) is 5.02 Å². The minimum atomic E-state index is -4.75. The van der Waals surface area contributed by atoms with Crippen molar-refractivity contribution in [3.63, 3.8) is 0 Å². The number of alkyl halides is 3. The molecule has 2 heterocycles. The Bertz CT molecular complexity index is 1270. The fourth-order valence-corrected chi connectivity index (χ4v) is 3.29. The molecular formula is C22H15ClF4N4O. The van der Waals surface area contributed by atoms with Crippen LogP contribution in [0.5, 0.6) is 0 Å². The van der Waals surface area contributed by atoms with E-state index in [9.17, 15) is 22.4 Å². The van der Waals surface area contributed by atoms with Crippen LogP contribution in [-0.2, 0) is 12.6 Å². The quantitative estimate of drug-likeness (QED) is 0.416. The summed E-state index contributed by atoms with van der Waals surface area (Å²) in [7, 11) is 0. The van der Waals surface area contributed by atoms with Crippen molar-refractivity contribution in [2.24, 2.45) is 0 Å². The van der Waals surface area contributed by atoms with Crippen LogP contribution in [0.25, 0.3) is 16.9 Å². The number of nitrogens with zero attached hydrogens (tertiary/aromatic N) is 3. The molecule has 2 aromatic heterocycles. The van der Waals surface area contributed by atoms with Gasteiger partial charge in [0, 0.05) is 17.1 Å². The summed E-state index contributed by atoms with van der Waals surface area (Å²) in [6.07, 6.45) is -3.20. The van der Waals surface area contributed by atoms with Gasteiger partial charge >= 0.3 is 6.18 Å². The van der Waals surface area contributed by atoms with Gasteiger partial charge < -0.3 is 5.32 Å². The number of amides is 1. The normalized spacial score (nSPS) is 11.7. The number of carbonyl (C=O) groups excluding carboxylic acids is 1. The Balaban J connectivity index is 1.65. The number of aromatic nitrogens is 3. The van der Waals surface area contributed by atoms with E-state index < -0.39 is 23.6 Å². The summed E-state index contributed by atoms with van der Waals surface area (Å²) >= 11 is 5.84. The highest BCUT2D eigenvalue weighted by atomic mass is 35.5. The summed E-state index contributed by atoms with van der Waals surface area (Å²) in [5.74, 6) is -1.14. The maximum Gasteiger partial charge on any atom is 0.433 e. The standard InChI is InChI=1S/C22H15ClF4N4O/c23-15-5-1-13(2-6-15)9-10-28-21(32)17-12-29-31-19(22(25,26)27)11-18(30-20(17)31)14-3-7-16(24)8-4-14/h1-8,11-12H,9-10H2,(H,28,32). The molecule has 0 radical (unpaired) electrons.